The molecule has 0 amide bonds. The second kappa shape index (κ2) is 4.52. The summed E-state index contributed by atoms with van der Waals surface area (Å²) in [6, 6.07) is 5.96. The molecule has 0 bridgehead atoms. The molecular weight excluding hydrogens is 288 g/mol. The van der Waals surface area contributed by atoms with Gasteiger partial charge in [-0.3, -0.25) is 4.79 Å². The van der Waals surface area contributed by atoms with E-state index in [0.29, 0.717) is 29.9 Å². The molecule has 5 rings (SSSR count). The number of aryl methyl sites for hydroxylation is 1. The maximum atomic E-state index is 11.7. The lowest BCUT2D eigenvalue weighted by Gasteiger charge is -2.50. The zero-order chi connectivity index (χ0) is 15.8. The molecule has 0 aromatic heterocycles. The van der Waals surface area contributed by atoms with Crippen LogP contribution >= 0.6 is 0 Å². The van der Waals surface area contributed by atoms with E-state index in [1.165, 1.54) is 30.4 Å². The van der Waals surface area contributed by atoms with Gasteiger partial charge in [-0.2, -0.15) is 0 Å². The van der Waals surface area contributed by atoms with Crippen molar-refractivity contribution in [1.29, 1.82) is 0 Å². The highest BCUT2D eigenvalue weighted by Gasteiger charge is 2.61. The van der Waals surface area contributed by atoms with Crippen molar-refractivity contribution in [2.45, 2.75) is 57.5 Å². The summed E-state index contributed by atoms with van der Waals surface area (Å²) in [6.07, 6.45) is 6.62. The SMILES string of the molecule is C[C@]12CC[C@@H]3c4ccc(O)cc4CC[C@H]3[C@@H]1C[C@@H]1CC(=O)O[C@@H]12. The maximum absolute atomic E-state index is 11.7. The first kappa shape index (κ1) is 13.9. The van der Waals surface area contributed by atoms with Crippen LogP contribution in [0.5, 0.6) is 5.75 Å². The molecule has 1 N–H and O–H groups in total. The molecule has 1 aromatic rings. The van der Waals surface area contributed by atoms with Gasteiger partial charge in [0.05, 0.1) is 6.42 Å². The Balaban J connectivity index is 1.50. The summed E-state index contributed by atoms with van der Waals surface area (Å²) in [7, 11) is 0. The topological polar surface area (TPSA) is 46.5 Å². The Kier molecular flexibility index (Phi) is 2.73. The third-order valence-electron chi connectivity index (χ3n) is 7.47. The molecule has 4 aliphatic rings. The van der Waals surface area contributed by atoms with E-state index in [2.05, 4.69) is 13.0 Å². The van der Waals surface area contributed by atoms with Gasteiger partial charge < -0.3 is 9.84 Å². The van der Waals surface area contributed by atoms with Gasteiger partial charge in [0.25, 0.3) is 0 Å². The minimum absolute atomic E-state index is 0.0197. The van der Waals surface area contributed by atoms with Crippen molar-refractivity contribution in [2.24, 2.45) is 23.2 Å². The molecule has 6 atom stereocenters. The van der Waals surface area contributed by atoms with Gasteiger partial charge in [0.1, 0.15) is 11.9 Å². The van der Waals surface area contributed by atoms with E-state index in [1.807, 2.05) is 12.1 Å². The van der Waals surface area contributed by atoms with Crippen LogP contribution in [0.15, 0.2) is 18.2 Å². The number of carbonyl (C=O) groups is 1. The molecule has 1 saturated heterocycles. The summed E-state index contributed by atoms with van der Waals surface area (Å²) >= 11 is 0. The summed E-state index contributed by atoms with van der Waals surface area (Å²) in [5, 5.41) is 9.76. The van der Waals surface area contributed by atoms with Crippen LogP contribution in [0.25, 0.3) is 0 Å². The van der Waals surface area contributed by atoms with Crippen molar-refractivity contribution < 1.29 is 14.6 Å². The van der Waals surface area contributed by atoms with Crippen molar-refractivity contribution in [3.63, 3.8) is 0 Å². The van der Waals surface area contributed by atoms with E-state index >= 15 is 0 Å². The fraction of sp³-hybridized carbons (Fsp3) is 0.650. The van der Waals surface area contributed by atoms with Crippen LogP contribution in [-0.2, 0) is 16.0 Å². The van der Waals surface area contributed by atoms with Gasteiger partial charge in [0.2, 0.25) is 0 Å². The summed E-state index contributed by atoms with van der Waals surface area (Å²) in [6.45, 7) is 2.38. The lowest BCUT2D eigenvalue weighted by Crippen LogP contribution is -2.44. The standard InChI is InChI=1S/C20H24O3/c1-20-7-6-15-14-5-3-13(21)8-11(14)2-4-16(15)17(20)9-12-10-18(22)23-19(12)20/h3,5,8,12,15-17,19,21H,2,4,6-7,9-10H2,1H3/t12-,15-,16-,17+,19+,20+/m1/s1. The first-order valence-electron chi connectivity index (χ1n) is 9.07. The lowest BCUT2D eigenvalue weighted by molar-refractivity contribution is -0.149. The zero-order valence-corrected chi connectivity index (χ0v) is 13.6. The Bertz CT molecular complexity index is 681. The number of rotatable bonds is 0. The van der Waals surface area contributed by atoms with Crippen LogP contribution in [-0.4, -0.2) is 17.2 Å². The average Bonchev–Trinajstić information content (AvgIpc) is 3.02. The minimum atomic E-state index is 0.0197. The highest BCUT2D eigenvalue weighted by Crippen LogP contribution is 2.64. The van der Waals surface area contributed by atoms with Gasteiger partial charge in [-0.05, 0) is 73.1 Å². The number of hydrogen-bond acceptors (Lipinski definition) is 3. The average molecular weight is 312 g/mol. The van der Waals surface area contributed by atoms with Gasteiger partial charge in [-0.15, -0.1) is 0 Å². The molecule has 1 aromatic carbocycles. The molecule has 1 aliphatic heterocycles. The first-order chi connectivity index (χ1) is 11.1. The number of fused-ring (bicyclic) bond motifs is 7. The molecule has 0 unspecified atom stereocenters. The van der Waals surface area contributed by atoms with E-state index < -0.39 is 0 Å². The fourth-order valence-electron chi connectivity index (χ4n) is 6.53. The number of esters is 1. The third-order valence-corrected chi connectivity index (χ3v) is 7.47. The summed E-state index contributed by atoms with van der Waals surface area (Å²) in [4.78, 5) is 11.7. The van der Waals surface area contributed by atoms with Crippen LogP contribution in [0, 0.1) is 23.2 Å². The number of benzene rings is 1. The molecule has 122 valence electrons. The number of phenols is 1. The Morgan fingerprint density at radius 2 is 2.17 bits per heavy atom. The monoisotopic (exact) mass is 312 g/mol. The Labute approximate surface area is 137 Å². The molecule has 3 heteroatoms. The minimum Gasteiger partial charge on any atom is -0.508 e. The van der Waals surface area contributed by atoms with E-state index in [9.17, 15) is 9.90 Å². The fourth-order valence-corrected chi connectivity index (χ4v) is 6.53. The Morgan fingerprint density at radius 1 is 1.30 bits per heavy atom. The number of aromatic hydroxyl groups is 1. The largest absolute Gasteiger partial charge is 0.508 e. The molecular formula is C20H24O3. The quantitative estimate of drug-likeness (QED) is 0.741. The Morgan fingerprint density at radius 3 is 3.04 bits per heavy atom. The van der Waals surface area contributed by atoms with Crippen molar-refractivity contribution in [1.82, 2.24) is 0 Å². The second-order valence-electron chi connectivity index (χ2n) is 8.45. The van der Waals surface area contributed by atoms with Crippen LogP contribution in [0.1, 0.15) is 56.1 Å². The summed E-state index contributed by atoms with van der Waals surface area (Å²) < 4.78 is 5.75. The maximum Gasteiger partial charge on any atom is 0.306 e. The smallest absolute Gasteiger partial charge is 0.306 e. The van der Waals surface area contributed by atoms with E-state index in [1.54, 1.807) is 0 Å². The van der Waals surface area contributed by atoms with Gasteiger partial charge in [0, 0.05) is 11.3 Å². The normalized spacial score (nSPS) is 44.0. The number of carbonyl (C=O) groups excluding carboxylic acids is 1. The third kappa shape index (κ3) is 1.79. The van der Waals surface area contributed by atoms with Gasteiger partial charge in [0.15, 0.2) is 0 Å². The predicted octanol–water partition coefficient (Wildman–Crippen LogP) is 3.79. The van der Waals surface area contributed by atoms with Crippen LogP contribution < -0.4 is 0 Å². The van der Waals surface area contributed by atoms with Crippen LogP contribution in [0.3, 0.4) is 0 Å². The van der Waals surface area contributed by atoms with E-state index in [0.717, 1.165) is 18.8 Å². The van der Waals surface area contributed by atoms with Crippen molar-refractivity contribution in [3.8, 4) is 5.75 Å². The molecule has 0 radical (unpaired) electrons. The molecule has 2 saturated carbocycles. The van der Waals surface area contributed by atoms with Crippen molar-refractivity contribution in [3.05, 3.63) is 29.3 Å². The van der Waals surface area contributed by atoms with Gasteiger partial charge in [-0.1, -0.05) is 13.0 Å². The van der Waals surface area contributed by atoms with Gasteiger partial charge >= 0.3 is 5.97 Å². The van der Waals surface area contributed by atoms with E-state index in [-0.39, 0.29) is 17.5 Å². The highest BCUT2D eigenvalue weighted by molar-refractivity contribution is 5.72. The zero-order valence-electron chi connectivity index (χ0n) is 13.6. The first-order valence-corrected chi connectivity index (χ1v) is 9.07. The molecule has 1 heterocycles. The van der Waals surface area contributed by atoms with Crippen LogP contribution in [0.4, 0.5) is 0 Å². The summed E-state index contributed by atoms with van der Waals surface area (Å²) in [5.41, 5.74) is 3.00. The lowest BCUT2D eigenvalue weighted by atomic mass is 9.55. The van der Waals surface area contributed by atoms with Crippen molar-refractivity contribution >= 4 is 5.97 Å². The predicted molar refractivity (Wildman–Crippen MR) is 86.1 cm³/mol. The number of phenolic OH excluding ortho intramolecular Hbond substituents is 1. The number of hydrogen-bond donors (Lipinski definition) is 1. The Hall–Kier alpha value is -1.51. The van der Waals surface area contributed by atoms with Gasteiger partial charge in [-0.25, -0.2) is 0 Å². The van der Waals surface area contributed by atoms with Crippen molar-refractivity contribution in [2.75, 3.05) is 0 Å². The summed E-state index contributed by atoms with van der Waals surface area (Å²) in [5.74, 6) is 2.90. The molecule has 3 nitrogen and oxygen atoms in total. The second-order valence-corrected chi connectivity index (χ2v) is 8.45. The molecule has 3 aliphatic carbocycles. The molecule has 3 fully saturated rings. The number of ether oxygens (including phenoxy) is 1. The van der Waals surface area contributed by atoms with Crippen LogP contribution in [0.2, 0.25) is 0 Å². The highest BCUT2D eigenvalue weighted by atomic mass is 16.6. The molecule has 0 spiro atoms. The van der Waals surface area contributed by atoms with E-state index in [4.69, 9.17) is 4.74 Å². The molecule has 23 heavy (non-hydrogen) atoms.